The van der Waals surface area contributed by atoms with E-state index in [1.54, 1.807) is 0 Å². The zero-order valence-electron chi connectivity index (χ0n) is 10.9. The third-order valence-electron chi connectivity index (χ3n) is 3.59. The molecule has 0 radical (unpaired) electrons. The maximum atomic E-state index is 12.6. The Kier molecular flexibility index (Phi) is 3.23. The smallest absolute Gasteiger partial charge is 0.308 e. The van der Waals surface area contributed by atoms with E-state index in [1.165, 1.54) is 0 Å². The van der Waals surface area contributed by atoms with Crippen molar-refractivity contribution in [1.82, 2.24) is 4.90 Å². The summed E-state index contributed by atoms with van der Waals surface area (Å²) in [5.41, 5.74) is 0.315. The van der Waals surface area contributed by atoms with Crippen molar-refractivity contribution < 1.29 is 22.8 Å². The number of hydrogen-bond donors (Lipinski definition) is 0. The standard InChI is InChI=1S/C13H16F3NO2/c1-12(2)6-9-8(10(18)7-12)4-3-5-17(9)11(19)13(14,15)16/h3-7H2,1-2H3. The molecule has 0 fully saturated rings. The van der Waals surface area contributed by atoms with Gasteiger partial charge in [0.25, 0.3) is 0 Å². The minimum atomic E-state index is -4.89. The van der Waals surface area contributed by atoms with Crippen LogP contribution in [-0.4, -0.2) is 29.3 Å². The summed E-state index contributed by atoms with van der Waals surface area (Å²) in [6.45, 7) is 3.71. The molecule has 6 heteroatoms. The first-order valence-electron chi connectivity index (χ1n) is 6.26. The van der Waals surface area contributed by atoms with Gasteiger partial charge in [0.15, 0.2) is 5.78 Å². The average Bonchev–Trinajstić information content (AvgIpc) is 2.24. The van der Waals surface area contributed by atoms with Crippen LogP contribution >= 0.6 is 0 Å². The van der Waals surface area contributed by atoms with Gasteiger partial charge in [-0.15, -0.1) is 0 Å². The lowest BCUT2D eigenvalue weighted by Gasteiger charge is -2.40. The highest BCUT2D eigenvalue weighted by atomic mass is 19.4. The van der Waals surface area contributed by atoms with Crippen LogP contribution in [0.5, 0.6) is 0 Å². The second-order valence-corrected chi connectivity index (χ2v) is 5.92. The molecule has 1 aliphatic heterocycles. The Morgan fingerprint density at radius 2 is 1.89 bits per heavy atom. The van der Waals surface area contributed by atoms with Gasteiger partial charge in [-0.1, -0.05) is 13.8 Å². The van der Waals surface area contributed by atoms with E-state index >= 15 is 0 Å². The number of ketones is 1. The zero-order chi connectivity index (χ0) is 14.4. The van der Waals surface area contributed by atoms with Gasteiger partial charge in [0.2, 0.25) is 0 Å². The number of allylic oxidation sites excluding steroid dienone is 2. The van der Waals surface area contributed by atoms with Gasteiger partial charge in [0.1, 0.15) is 0 Å². The second-order valence-electron chi connectivity index (χ2n) is 5.92. The number of nitrogens with zero attached hydrogens (tertiary/aromatic N) is 1. The molecule has 0 spiro atoms. The molecule has 1 heterocycles. The Balaban J connectivity index is 2.40. The number of carbonyl (C=O) groups excluding carboxylic acids is 2. The molecular formula is C13H16F3NO2. The molecule has 19 heavy (non-hydrogen) atoms. The van der Waals surface area contributed by atoms with Crippen molar-refractivity contribution >= 4 is 11.7 Å². The third-order valence-corrected chi connectivity index (χ3v) is 3.59. The van der Waals surface area contributed by atoms with E-state index in [-0.39, 0.29) is 18.0 Å². The van der Waals surface area contributed by atoms with Crippen molar-refractivity contribution in [1.29, 1.82) is 0 Å². The summed E-state index contributed by atoms with van der Waals surface area (Å²) in [5, 5.41) is 0. The molecule has 2 aliphatic rings. The summed E-state index contributed by atoms with van der Waals surface area (Å²) in [6.07, 6.45) is -3.32. The van der Waals surface area contributed by atoms with Gasteiger partial charge in [0.05, 0.1) is 0 Å². The molecular weight excluding hydrogens is 259 g/mol. The first-order valence-corrected chi connectivity index (χ1v) is 6.26. The minimum Gasteiger partial charge on any atom is -0.308 e. The Labute approximate surface area is 109 Å². The highest BCUT2D eigenvalue weighted by Crippen LogP contribution is 2.42. The Morgan fingerprint density at radius 1 is 1.26 bits per heavy atom. The van der Waals surface area contributed by atoms with Crippen LogP contribution in [0.2, 0.25) is 0 Å². The number of rotatable bonds is 0. The molecule has 0 unspecified atom stereocenters. The largest absolute Gasteiger partial charge is 0.471 e. The molecule has 0 aromatic carbocycles. The van der Waals surface area contributed by atoms with E-state index in [9.17, 15) is 22.8 Å². The van der Waals surface area contributed by atoms with Gasteiger partial charge >= 0.3 is 12.1 Å². The van der Waals surface area contributed by atoms with Crippen LogP contribution in [0.3, 0.4) is 0 Å². The number of halogens is 3. The van der Waals surface area contributed by atoms with E-state index in [0.29, 0.717) is 31.3 Å². The van der Waals surface area contributed by atoms with Crippen LogP contribution in [0.1, 0.15) is 39.5 Å². The van der Waals surface area contributed by atoms with E-state index < -0.39 is 17.5 Å². The van der Waals surface area contributed by atoms with Crippen LogP contribution in [0, 0.1) is 5.41 Å². The molecule has 0 saturated heterocycles. The average molecular weight is 275 g/mol. The number of alkyl halides is 3. The number of Topliss-reactive ketones (excluding diaryl/α,β-unsaturated/α-hetero) is 1. The van der Waals surface area contributed by atoms with E-state index in [0.717, 1.165) is 4.90 Å². The molecule has 1 aliphatic carbocycles. The third kappa shape index (κ3) is 2.67. The van der Waals surface area contributed by atoms with Crippen LogP contribution in [0.25, 0.3) is 0 Å². The van der Waals surface area contributed by atoms with Gasteiger partial charge in [-0.2, -0.15) is 13.2 Å². The summed E-state index contributed by atoms with van der Waals surface area (Å²) >= 11 is 0. The minimum absolute atomic E-state index is 0.0422. The number of amides is 1. The lowest BCUT2D eigenvalue weighted by molar-refractivity contribution is -0.184. The van der Waals surface area contributed by atoms with Crippen LogP contribution < -0.4 is 0 Å². The quantitative estimate of drug-likeness (QED) is 0.681. The fraction of sp³-hybridized carbons (Fsp3) is 0.692. The van der Waals surface area contributed by atoms with Crippen LogP contribution in [0.15, 0.2) is 11.3 Å². The number of hydrogen-bond acceptors (Lipinski definition) is 2. The lowest BCUT2D eigenvalue weighted by atomic mass is 9.73. The second kappa shape index (κ2) is 4.35. The summed E-state index contributed by atoms with van der Waals surface area (Å²) in [7, 11) is 0. The van der Waals surface area contributed by atoms with Gasteiger partial charge in [-0.05, 0) is 24.7 Å². The monoisotopic (exact) mass is 275 g/mol. The molecule has 2 rings (SSSR count). The predicted molar refractivity (Wildman–Crippen MR) is 62.1 cm³/mol. The van der Waals surface area contributed by atoms with Crippen LogP contribution in [-0.2, 0) is 9.59 Å². The first-order chi connectivity index (χ1) is 8.62. The van der Waals surface area contributed by atoms with Crippen molar-refractivity contribution in [2.45, 2.75) is 45.7 Å². The Bertz CT molecular complexity index is 463. The Hall–Kier alpha value is -1.33. The van der Waals surface area contributed by atoms with Gasteiger partial charge in [-0.25, -0.2) is 0 Å². The fourth-order valence-electron chi connectivity index (χ4n) is 2.79. The highest BCUT2D eigenvalue weighted by molar-refractivity contribution is 5.98. The van der Waals surface area contributed by atoms with Gasteiger partial charge in [0, 0.05) is 24.2 Å². The van der Waals surface area contributed by atoms with Crippen LogP contribution in [0.4, 0.5) is 13.2 Å². The van der Waals surface area contributed by atoms with Crippen molar-refractivity contribution in [3.63, 3.8) is 0 Å². The highest BCUT2D eigenvalue weighted by Gasteiger charge is 2.47. The SMILES string of the molecule is CC1(C)CC(=O)C2=C(C1)N(C(=O)C(F)(F)F)CCC2. The first kappa shape index (κ1) is 14.1. The molecule has 0 saturated carbocycles. The summed E-state index contributed by atoms with van der Waals surface area (Å²) < 4.78 is 37.8. The summed E-state index contributed by atoms with van der Waals surface area (Å²) in [5.74, 6) is -1.98. The molecule has 106 valence electrons. The molecule has 0 aromatic rings. The maximum Gasteiger partial charge on any atom is 0.471 e. The fourth-order valence-corrected chi connectivity index (χ4v) is 2.79. The normalized spacial score (nSPS) is 23.4. The van der Waals surface area contributed by atoms with Crippen molar-refractivity contribution in [3.05, 3.63) is 11.3 Å². The van der Waals surface area contributed by atoms with Crippen molar-refractivity contribution in [2.24, 2.45) is 5.41 Å². The van der Waals surface area contributed by atoms with Gasteiger partial charge in [-0.3, -0.25) is 9.59 Å². The van der Waals surface area contributed by atoms with E-state index in [4.69, 9.17) is 0 Å². The molecule has 0 N–H and O–H groups in total. The maximum absolute atomic E-state index is 12.6. The topological polar surface area (TPSA) is 37.4 Å². The van der Waals surface area contributed by atoms with Crippen molar-refractivity contribution in [3.8, 4) is 0 Å². The van der Waals surface area contributed by atoms with E-state index in [2.05, 4.69) is 0 Å². The molecule has 0 atom stereocenters. The van der Waals surface area contributed by atoms with E-state index in [1.807, 2.05) is 13.8 Å². The molecule has 3 nitrogen and oxygen atoms in total. The summed E-state index contributed by atoms with van der Waals surface area (Å²) in [4.78, 5) is 24.2. The molecule has 0 aromatic heterocycles. The van der Waals surface area contributed by atoms with Gasteiger partial charge < -0.3 is 4.90 Å². The molecule has 0 bridgehead atoms. The lowest BCUT2D eigenvalue weighted by Crippen LogP contribution is -2.46. The molecule has 1 amide bonds. The zero-order valence-corrected chi connectivity index (χ0v) is 10.9. The van der Waals surface area contributed by atoms with Crippen molar-refractivity contribution in [2.75, 3.05) is 6.54 Å². The summed E-state index contributed by atoms with van der Waals surface area (Å²) in [6, 6.07) is 0. The Morgan fingerprint density at radius 3 is 2.47 bits per heavy atom. The number of carbonyl (C=O) groups is 2. The predicted octanol–water partition coefficient (Wildman–Crippen LogP) is 2.81.